The van der Waals surface area contributed by atoms with Gasteiger partial charge < -0.3 is 5.73 Å². The molecule has 0 saturated heterocycles. The van der Waals surface area contributed by atoms with Crippen LogP contribution in [-0.2, 0) is 10.0 Å². The van der Waals surface area contributed by atoms with Crippen LogP contribution in [0.15, 0.2) is 17.0 Å². The van der Waals surface area contributed by atoms with E-state index < -0.39 is 15.8 Å². The molecule has 0 aliphatic heterocycles. The zero-order valence-corrected chi connectivity index (χ0v) is 12.6. The Morgan fingerprint density at radius 1 is 1.30 bits per heavy atom. The van der Waals surface area contributed by atoms with Crippen molar-refractivity contribution in [2.24, 2.45) is 5.92 Å². The fourth-order valence-electron chi connectivity index (χ4n) is 2.71. The Kier molecular flexibility index (Phi) is 4.34. The smallest absolute Gasteiger partial charge is 0.241 e. The highest BCUT2D eigenvalue weighted by molar-refractivity contribution is 7.89. The fourth-order valence-corrected chi connectivity index (χ4v) is 4.37. The summed E-state index contributed by atoms with van der Waals surface area (Å²) in [7, 11) is -3.74. The minimum absolute atomic E-state index is 0.0622. The normalized spacial score (nSPS) is 23.8. The van der Waals surface area contributed by atoms with Crippen molar-refractivity contribution in [1.82, 2.24) is 4.72 Å². The predicted molar refractivity (Wildman–Crippen MR) is 77.3 cm³/mol. The summed E-state index contributed by atoms with van der Waals surface area (Å²) in [5, 5.41) is 0. The van der Waals surface area contributed by atoms with Crippen LogP contribution >= 0.6 is 0 Å². The Labute approximate surface area is 119 Å². The zero-order valence-electron chi connectivity index (χ0n) is 11.8. The van der Waals surface area contributed by atoms with Gasteiger partial charge >= 0.3 is 0 Å². The molecular formula is C14H21FN2O2S. The summed E-state index contributed by atoms with van der Waals surface area (Å²) in [4.78, 5) is -0.0622. The molecule has 6 heteroatoms. The first-order valence-electron chi connectivity index (χ1n) is 6.89. The number of hydrogen-bond donors (Lipinski definition) is 2. The fraction of sp³-hybridized carbons (Fsp3) is 0.571. The molecule has 0 bridgehead atoms. The van der Waals surface area contributed by atoms with Crippen LogP contribution in [0.3, 0.4) is 0 Å². The average Bonchev–Trinajstić information content (AvgIpc) is 2.36. The third-order valence-electron chi connectivity index (χ3n) is 4.03. The molecule has 1 aromatic carbocycles. The molecule has 0 aromatic heterocycles. The molecule has 4 nitrogen and oxygen atoms in total. The first-order chi connectivity index (χ1) is 9.31. The van der Waals surface area contributed by atoms with Crippen LogP contribution in [0.4, 0.5) is 10.1 Å². The van der Waals surface area contributed by atoms with E-state index in [-0.39, 0.29) is 22.2 Å². The van der Waals surface area contributed by atoms with E-state index in [1.165, 1.54) is 13.0 Å². The molecule has 2 atom stereocenters. The molecule has 1 aromatic rings. The summed E-state index contributed by atoms with van der Waals surface area (Å²) in [5.74, 6) is -0.299. The van der Waals surface area contributed by atoms with E-state index in [0.717, 1.165) is 31.7 Å². The van der Waals surface area contributed by atoms with Crippen molar-refractivity contribution in [2.45, 2.75) is 50.5 Å². The molecule has 1 aliphatic carbocycles. The molecule has 20 heavy (non-hydrogen) atoms. The molecule has 0 amide bonds. The number of nitrogens with two attached hydrogens (primary N) is 1. The maximum absolute atomic E-state index is 13.7. The molecule has 1 fully saturated rings. The van der Waals surface area contributed by atoms with Crippen LogP contribution in [-0.4, -0.2) is 14.5 Å². The van der Waals surface area contributed by atoms with Crippen LogP contribution in [0.1, 0.15) is 38.2 Å². The Balaban J connectivity index is 2.31. The largest absolute Gasteiger partial charge is 0.399 e. The minimum Gasteiger partial charge on any atom is -0.399 e. The molecular weight excluding hydrogens is 279 g/mol. The molecule has 112 valence electrons. The maximum atomic E-state index is 13.7. The minimum atomic E-state index is -3.74. The molecule has 3 N–H and O–H groups in total. The van der Waals surface area contributed by atoms with Crippen molar-refractivity contribution >= 4 is 15.7 Å². The predicted octanol–water partition coefficient (Wildman–Crippen LogP) is 2.57. The van der Waals surface area contributed by atoms with Crippen molar-refractivity contribution in [1.29, 1.82) is 0 Å². The van der Waals surface area contributed by atoms with E-state index in [9.17, 15) is 12.8 Å². The van der Waals surface area contributed by atoms with Gasteiger partial charge in [0.25, 0.3) is 0 Å². The van der Waals surface area contributed by atoms with E-state index in [1.807, 2.05) is 6.92 Å². The second kappa shape index (κ2) is 5.69. The molecule has 0 spiro atoms. The number of hydrogen-bond acceptors (Lipinski definition) is 3. The monoisotopic (exact) mass is 300 g/mol. The SMILES string of the molecule is Cc1c(F)cc(N)cc1S(=O)(=O)NC1CCCCC1C. The third-order valence-corrected chi connectivity index (χ3v) is 5.64. The lowest BCUT2D eigenvalue weighted by molar-refractivity contribution is 0.310. The van der Waals surface area contributed by atoms with Gasteiger partial charge in [-0.2, -0.15) is 0 Å². The molecule has 1 aliphatic rings. The molecule has 2 unspecified atom stereocenters. The van der Waals surface area contributed by atoms with Crippen molar-refractivity contribution < 1.29 is 12.8 Å². The second-order valence-corrected chi connectivity index (χ2v) is 7.30. The third kappa shape index (κ3) is 3.12. The van der Waals surface area contributed by atoms with Gasteiger partial charge in [0.05, 0.1) is 4.90 Å². The van der Waals surface area contributed by atoms with E-state index in [1.54, 1.807) is 0 Å². The van der Waals surface area contributed by atoms with Gasteiger partial charge in [0.2, 0.25) is 10.0 Å². The Hall–Kier alpha value is -1.14. The van der Waals surface area contributed by atoms with Crippen molar-refractivity contribution in [2.75, 3.05) is 5.73 Å². The van der Waals surface area contributed by atoms with Crippen LogP contribution in [0.25, 0.3) is 0 Å². The van der Waals surface area contributed by atoms with Gasteiger partial charge in [0, 0.05) is 17.3 Å². The summed E-state index contributed by atoms with van der Waals surface area (Å²) in [6.07, 6.45) is 3.98. The molecule has 2 rings (SSSR count). The second-order valence-electron chi connectivity index (χ2n) is 5.62. The van der Waals surface area contributed by atoms with Crippen molar-refractivity contribution in [3.63, 3.8) is 0 Å². The number of sulfonamides is 1. The quantitative estimate of drug-likeness (QED) is 0.843. The van der Waals surface area contributed by atoms with E-state index in [0.29, 0.717) is 5.92 Å². The van der Waals surface area contributed by atoms with Gasteiger partial charge in [-0.25, -0.2) is 17.5 Å². The lowest BCUT2D eigenvalue weighted by Gasteiger charge is -2.29. The number of benzene rings is 1. The van der Waals surface area contributed by atoms with E-state index in [2.05, 4.69) is 4.72 Å². The highest BCUT2D eigenvalue weighted by atomic mass is 32.2. The maximum Gasteiger partial charge on any atom is 0.241 e. The average molecular weight is 300 g/mol. The molecule has 0 heterocycles. The van der Waals surface area contributed by atoms with E-state index >= 15 is 0 Å². The van der Waals surface area contributed by atoms with Gasteiger partial charge in [0.1, 0.15) is 5.82 Å². The lowest BCUT2D eigenvalue weighted by Crippen LogP contribution is -2.41. The van der Waals surface area contributed by atoms with Gasteiger partial charge in [-0.05, 0) is 37.8 Å². The van der Waals surface area contributed by atoms with Crippen LogP contribution < -0.4 is 10.5 Å². The molecule has 1 saturated carbocycles. The number of anilines is 1. The summed E-state index contributed by atoms with van der Waals surface area (Å²) in [6, 6.07) is 2.36. The Morgan fingerprint density at radius 3 is 2.60 bits per heavy atom. The summed E-state index contributed by atoms with van der Waals surface area (Å²) < 4.78 is 41.2. The van der Waals surface area contributed by atoms with Crippen molar-refractivity contribution in [3.05, 3.63) is 23.5 Å². The topological polar surface area (TPSA) is 72.2 Å². The van der Waals surface area contributed by atoms with E-state index in [4.69, 9.17) is 5.73 Å². The van der Waals surface area contributed by atoms with Crippen LogP contribution in [0.2, 0.25) is 0 Å². The number of nitrogen functional groups attached to an aromatic ring is 1. The first-order valence-corrected chi connectivity index (χ1v) is 8.37. The zero-order chi connectivity index (χ0) is 14.9. The number of rotatable bonds is 3. The lowest BCUT2D eigenvalue weighted by atomic mass is 9.87. The van der Waals surface area contributed by atoms with Crippen LogP contribution in [0.5, 0.6) is 0 Å². The molecule has 0 radical (unpaired) electrons. The number of halogens is 1. The highest BCUT2D eigenvalue weighted by Crippen LogP contribution is 2.27. The standard InChI is InChI=1S/C14H21FN2O2S/c1-9-5-3-4-6-13(9)17-20(18,19)14-8-11(16)7-12(15)10(14)2/h7-9,13,17H,3-6,16H2,1-2H3. The first kappa shape index (κ1) is 15.3. The van der Waals surface area contributed by atoms with Gasteiger partial charge in [-0.1, -0.05) is 19.8 Å². The summed E-state index contributed by atoms with van der Waals surface area (Å²) >= 11 is 0. The Bertz CT molecular complexity index is 601. The van der Waals surface area contributed by atoms with Gasteiger partial charge in [-0.15, -0.1) is 0 Å². The Morgan fingerprint density at radius 2 is 1.95 bits per heavy atom. The van der Waals surface area contributed by atoms with Gasteiger partial charge in [-0.3, -0.25) is 0 Å². The number of nitrogens with one attached hydrogen (secondary N) is 1. The summed E-state index contributed by atoms with van der Waals surface area (Å²) in [6.45, 7) is 3.49. The van der Waals surface area contributed by atoms with Crippen LogP contribution in [0, 0.1) is 18.7 Å². The highest BCUT2D eigenvalue weighted by Gasteiger charge is 2.28. The van der Waals surface area contributed by atoms with Crippen molar-refractivity contribution in [3.8, 4) is 0 Å². The summed E-state index contributed by atoms with van der Waals surface area (Å²) in [5.41, 5.74) is 5.78. The van der Waals surface area contributed by atoms with Gasteiger partial charge in [0.15, 0.2) is 0 Å².